The summed E-state index contributed by atoms with van der Waals surface area (Å²) in [7, 11) is 2.26. The van der Waals surface area contributed by atoms with Gasteiger partial charge in [0.25, 0.3) is 0 Å². The molecule has 0 amide bonds. The van der Waals surface area contributed by atoms with Crippen LogP contribution in [0.5, 0.6) is 0 Å². The van der Waals surface area contributed by atoms with Gasteiger partial charge in [0, 0.05) is 10.9 Å². The molecule has 0 aliphatic heterocycles. The van der Waals surface area contributed by atoms with Gasteiger partial charge in [0.1, 0.15) is 0 Å². The average Bonchev–Trinajstić information content (AvgIpc) is 2.94. The van der Waals surface area contributed by atoms with Gasteiger partial charge in [0.05, 0.1) is 0 Å². The molecule has 1 N–H and O–H groups in total. The van der Waals surface area contributed by atoms with Crippen molar-refractivity contribution in [3.8, 4) is 0 Å². The summed E-state index contributed by atoms with van der Waals surface area (Å²) in [5, 5.41) is 5.64. The van der Waals surface area contributed by atoms with Crippen LogP contribution in [-0.4, -0.2) is 37.6 Å². The summed E-state index contributed by atoms with van der Waals surface area (Å²) in [6, 6.07) is 5.05. The van der Waals surface area contributed by atoms with Crippen molar-refractivity contribution in [2.24, 2.45) is 0 Å². The molecule has 116 valence electrons. The van der Waals surface area contributed by atoms with Gasteiger partial charge < -0.3 is 10.2 Å². The lowest BCUT2D eigenvalue weighted by atomic mass is 10.1. The third kappa shape index (κ3) is 8.03. The van der Waals surface area contributed by atoms with Gasteiger partial charge in [0.2, 0.25) is 0 Å². The summed E-state index contributed by atoms with van der Waals surface area (Å²) in [4.78, 5) is 4.01. The number of unbranched alkanes of at least 4 members (excludes halogenated alkanes) is 3. The minimum atomic E-state index is 0.653. The molecule has 0 aromatic carbocycles. The molecule has 0 saturated carbocycles. The summed E-state index contributed by atoms with van der Waals surface area (Å²) in [6.07, 6.45) is 7.82. The first-order chi connectivity index (χ1) is 9.74. The zero-order chi connectivity index (χ0) is 14.6. The maximum Gasteiger partial charge on any atom is 0.0112 e. The molecule has 1 rings (SSSR count). The smallest absolute Gasteiger partial charge is 0.0112 e. The molecule has 1 aromatic heterocycles. The quantitative estimate of drug-likeness (QED) is 0.582. The summed E-state index contributed by atoms with van der Waals surface area (Å²) in [5.41, 5.74) is 0. The zero-order valence-electron chi connectivity index (χ0n) is 13.5. The number of nitrogens with one attached hydrogen (secondary N) is 1. The van der Waals surface area contributed by atoms with E-state index in [0.29, 0.717) is 6.04 Å². The molecule has 0 aliphatic carbocycles. The number of hydrogen-bond donors (Lipinski definition) is 1. The maximum absolute atomic E-state index is 3.47. The highest BCUT2D eigenvalue weighted by Crippen LogP contribution is 2.14. The van der Waals surface area contributed by atoms with Crippen LogP contribution in [0.4, 0.5) is 0 Å². The predicted molar refractivity (Wildman–Crippen MR) is 91.7 cm³/mol. The molecule has 0 bridgehead atoms. The Balaban J connectivity index is 1.98. The van der Waals surface area contributed by atoms with E-state index in [2.05, 4.69) is 48.6 Å². The van der Waals surface area contributed by atoms with Crippen LogP contribution in [0, 0.1) is 0 Å². The second-order valence-electron chi connectivity index (χ2n) is 5.78. The Kier molecular flexibility index (Phi) is 9.98. The van der Waals surface area contributed by atoms with Crippen LogP contribution >= 0.6 is 11.3 Å². The second kappa shape index (κ2) is 11.3. The molecule has 0 spiro atoms. The number of nitrogens with zero attached hydrogens (tertiary/aromatic N) is 1. The van der Waals surface area contributed by atoms with E-state index in [1.165, 1.54) is 63.0 Å². The minimum Gasteiger partial charge on any atom is -0.317 e. The summed E-state index contributed by atoms with van der Waals surface area (Å²) in [6.45, 7) is 8.16. The van der Waals surface area contributed by atoms with E-state index in [4.69, 9.17) is 0 Å². The van der Waals surface area contributed by atoms with Crippen LogP contribution < -0.4 is 5.32 Å². The van der Waals surface area contributed by atoms with E-state index in [1.807, 2.05) is 11.3 Å². The van der Waals surface area contributed by atoms with E-state index in [0.717, 1.165) is 0 Å². The molecular weight excluding hydrogens is 264 g/mol. The Hall–Kier alpha value is -0.380. The van der Waals surface area contributed by atoms with E-state index >= 15 is 0 Å². The lowest BCUT2D eigenvalue weighted by Gasteiger charge is -2.24. The lowest BCUT2D eigenvalue weighted by molar-refractivity contribution is 0.251. The first-order valence-electron chi connectivity index (χ1n) is 8.17. The monoisotopic (exact) mass is 296 g/mol. The van der Waals surface area contributed by atoms with Gasteiger partial charge >= 0.3 is 0 Å². The highest BCUT2D eigenvalue weighted by Gasteiger charge is 2.09. The SMILES string of the molecule is CCCNCCCCCCN(C)C(C)Cc1cccs1. The normalized spacial score (nSPS) is 13.0. The number of hydrogen-bond acceptors (Lipinski definition) is 3. The first kappa shape index (κ1) is 17.7. The first-order valence-corrected chi connectivity index (χ1v) is 9.05. The molecule has 0 fully saturated rings. The molecule has 0 radical (unpaired) electrons. The Bertz CT molecular complexity index is 311. The highest BCUT2D eigenvalue weighted by molar-refractivity contribution is 7.09. The minimum absolute atomic E-state index is 0.653. The second-order valence-corrected chi connectivity index (χ2v) is 6.81. The summed E-state index contributed by atoms with van der Waals surface area (Å²) >= 11 is 1.88. The molecule has 0 saturated heterocycles. The molecule has 20 heavy (non-hydrogen) atoms. The third-order valence-electron chi connectivity index (χ3n) is 3.87. The fourth-order valence-corrected chi connectivity index (χ4v) is 3.19. The fourth-order valence-electron chi connectivity index (χ4n) is 2.36. The fraction of sp³-hybridized carbons (Fsp3) is 0.765. The van der Waals surface area contributed by atoms with E-state index in [1.54, 1.807) is 0 Å². The number of thiophene rings is 1. The highest BCUT2D eigenvalue weighted by atomic mass is 32.1. The summed E-state index contributed by atoms with van der Waals surface area (Å²) in [5.74, 6) is 0. The van der Waals surface area contributed by atoms with Gasteiger partial charge in [-0.05, 0) is 70.7 Å². The molecular formula is C17H32N2S. The van der Waals surface area contributed by atoms with Gasteiger partial charge in [-0.1, -0.05) is 25.8 Å². The van der Waals surface area contributed by atoms with E-state index in [9.17, 15) is 0 Å². The van der Waals surface area contributed by atoms with Gasteiger partial charge in [-0.15, -0.1) is 11.3 Å². The van der Waals surface area contributed by atoms with Crippen LogP contribution in [0.3, 0.4) is 0 Å². The van der Waals surface area contributed by atoms with Crippen LogP contribution in [0.1, 0.15) is 50.8 Å². The van der Waals surface area contributed by atoms with Crippen molar-refractivity contribution in [1.82, 2.24) is 10.2 Å². The topological polar surface area (TPSA) is 15.3 Å². The van der Waals surface area contributed by atoms with Crippen molar-refractivity contribution in [1.29, 1.82) is 0 Å². The van der Waals surface area contributed by atoms with Crippen molar-refractivity contribution in [2.45, 2.75) is 58.4 Å². The van der Waals surface area contributed by atoms with Crippen molar-refractivity contribution < 1.29 is 0 Å². The molecule has 1 atom stereocenters. The molecule has 0 aliphatic rings. The molecule has 3 heteroatoms. The van der Waals surface area contributed by atoms with Gasteiger partial charge in [-0.25, -0.2) is 0 Å². The Morgan fingerprint density at radius 1 is 1.20 bits per heavy atom. The van der Waals surface area contributed by atoms with Crippen molar-refractivity contribution in [2.75, 3.05) is 26.7 Å². The van der Waals surface area contributed by atoms with Gasteiger partial charge in [-0.2, -0.15) is 0 Å². The van der Waals surface area contributed by atoms with Crippen LogP contribution in [-0.2, 0) is 6.42 Å². The summed E-state index contributed by atoms with van der Waals surface area (Å²) < 4.78 is 0. The van der Waals surface area contributed by atoms with E-state index < -0.39 is 0 Å². The number of likely N-dealkylation sites (N-methyl/N-ethyl adjacent to an activating group) is 1. The van der Waals surface area contributed by atoms with Crippen molar-refractivity contribution >= 4 is 11.3 Å². The maximum atomic E-state index is 3.47. The lowest BCUT2D eigenvalue weighted by Crippen LogP contribution is -2.31. The largest absolute Gasteiger partial charge is 0.317 e. The van der Waals surface area contributed by atoms with E-state index in [-0.39, 0.29) is 0 Å². The molecule has 1 aromatic rings. The van der Waals surface area contributed by atoms with Crippen molar-refractivity contribution in [3.63, 3.8) is 0 Å². The van der Waals surface area contributed by atoms with Crippen molar-refractivity contribution in [3.05, 3.63) is 22.4 Å². The third-order valence-corrected chi connectivity index (χ3v) is 4.77. The van der Waals surface area contributed by atoms with Crippen LogP contribution in [0.25, 0.3) is 0 Å². The Morgan fingerprint density at radius 3 is 2.70 bits per heavy atom. The Labute approximate surface area is 129 Å². The predicted octanol–water partition coefficient (Wildman–Crippen LogP) is 4.17. The Morgan fingerprint density at radius 2 is 2.00 bits per heavy atom. The molecule has 1 heterocycles. The van der Waals surface area contributed by atoms with Crippen LogP contribution in [0.15, 0.2) is 17.5 Å². The molecule has 1 unspecified atom stereocenters. The molecule has 2 nitrogen and oxygen atoms in total. The standard InChI is InChI=1S/C17H32N2S/c1-4-11-18-12-7-5-6-8-13-19(3)16(2)15-17-10-9-14-20-17/h9-10,14,16,18H,4-8,11-13,15H2,1-3H3. The van der Waals surface area contributed by atoms with Gasteiger partial charge in [-0.3, -0.25) is 0 Å². The number of rotatable bonds is 12. The van der Waals surface area contributed by atoms with Gasteiger partial charge in [0.15, 0.2) is 0 Å². The average molecular weight is 297 g/mol. The zero-order valence-corrected chi connectivity index (χ0v) is 14.3. The van der Waals surface area contributed by atoms with Crippen LogP contribution in [0.2, 0.25) is 0 Å².